The summed E-state index contributed by atoms with van der Waals surface area (Å²) in [4.78, 5) is 29.8. The lowest BCUT2D eigenvalue weighted by Crippen LogP contribution is -2.51. The Morgan fingerprint density at radius 2 is 1.55 bits per heavy atom. The van der Waals surface area contributed by atoms with E-state index in [1.54, 1.807) is 36.1 Å². The van der Waals surface area contributed by atoms with Gasteiger partial charge in [0.25, 0.3) is 10.1 Å². The molecule has 1 heterocycles. The molecule has 0 saturated carbocycles. The minimum atomic E-state index is -3.77. The molecule has 0 bridgehead atoms. The van der Waals surface area contributed by atoms with E-state index < -0.39 is 43.8 Å². The van der Waals surface area contributed by atoms with Crippen LogP contribution in [0.15, 0.2) is 60.9 Å². The third-order valence-corrected chi connectivity index (χ3v) is 6.56. The van der Waals surface area contributed by atoms with Gasteiger partial charge in [-0.15, -0.1) is 4.41 Å². The van der Waals surface area contributed by atoms with Crippen molar-refractivity contribution >= 4 is 38.0 Å². The maximum absolute atomic E-state index is 13.3. The minimum absolute atomic E-state index is 0.0216. The number of nitrogens with one attached hydrogen (secondary N) is 2. The maximum atomic E-state index is 13.3. The topological polar surface area (TPSA) is 183 Å². The molecule has 2 rings (SSSR count). The van der Waals surface area contributed by atoms with Crippen LogP contribution in [-0.2, 0) is 36.2 Å². The summed E-state index contributed by atoms with van der Waals surface area (Å²) in [5.74, 6) is -3.02. The molecule has 2 amide bonds. The second-order valence-corrected chi connectivity index (χ2v) is 12.9. The Morgan fingerprint density at radius 3 is 2.05 bits per heavy atom. The quantitative estimate of drug-likeness (QED) is 0.153. The predicted molar refractivity (Wildman–Crippen MR) is 152 cm³/mol. The average Bonchev–Trinajstić information content (AvgIpc) is 2.87. The van der Waals surface area contributed by atoms with Gasteiger partial charge in [-0.3, -0.25) is 29.8 Å². The first-order chi connectivity index (χ1) is 18.6. The number of aromatic nitrogens is 1. The van der Waals surface area contributed by atoms with Gasteiger partial charge in [0, 0.05) is 18.9 Å². The van der Waals surface area contributed by atoms with Crippen LogP contribution < -0.4 is 10.9 Å². The SMILES string of the molecule is CC(C)C[C@@H](C(=O)NN(CCc1ccncc1)S(C)(=O)=O)[C@H](C/C=C/c1ccccc1)C(=O)NO.CS(=O)(=O)O. The Bertz CT molecular complexity index is 1290. The number of carbonyl (C=O) groups excluding carboxylic acids is 2. The van der Waals surface area contributed by atoms with Crippen molar-refractivity contribution < 1.29 is 36.2 Å². The first-order valence-corrected chi connectivity index (χ1v) is 16.1. The van der Waals surface area contributed by atoms with Crippen LogP contribution in [0.1, 0.15) is 37.8 Å². The Balaban J connectivity index is 0.00000146. The number of sulfonamides is 1. The number of nitrogens with zero attached hydrogens (tertiary/aromatic N) is 2. The molecule has 0 saturated heterocycles. The van der Waals surface area contributed by atoms with Gasteiger partial charge in [-0.25, -0.2) is 13.9 Å². The highest BCUT2D eigenvalue weighted by Crippen LogP contribution is 2.26. The highest BCUT2D eigenvalue weighted by Gasteiger charge is 2.35. The summed E-state index contributed by atoms with van der Waals surface area (Å²) in [6.45, 7) is 3.84. The number of hydrogen-bond donors (Lipinski definition) is 4. The molecule has 0 aliphatic carbocycles. The van der Waals surface area contributed by atoms with Crippen molar-refractivity contribution in [3.05, 3.63) is 72.1 Å². The van der Waals surface area contributed by atoms with E-state index in [0.29, 0.717) is 19.1 Å². The van der Waals surface area contributed by atoms with Crippen molar-refractivity contribution in [2.45, 2.75) is 33.1 Å². The van der Waals surface area contributed by atoms with E-state index in [1.807, 2.05) is 50.3 Å². The van der Waals surface area contributed by atoms with Gasteiger partial charge >= 0.3 is 0 Å². The first kappa shape index (κ1) is 34.9. The molecule has 1 aromatic carbocycles. The largest absolute Gasteiger partial charge is 0.289 e. The number of hydrogen-bond acceptors (Lipinski definition) is 8. The Hall–Kier alpha value is -3.17. The molecule has 40 heavy (non-hydrogen) atoms. The minimum Gasteiger partial charge on any atom is -0.289 e. The zero-order chi connectivity index (χ0) is 30.3. The van der Waals surface area contributed by atoms with Gasteiger partial charge in [-0.2, -0.15) is 8.42 Å². The van der Waals surface area contributed by atoms with Crippen LogP contribution in [0.5, 0.6) is 0 Å². The molecule has 0 aliphatic rings. The van der Waals surface area contributed by atoms with E-state index in [-0.39, 0.29) is 18.9 Å². The normalized spacial score (nSPS) is 13.4. The molecule has 2 aromatic rings. The summed E-state index contributed by atoms with van der Waals surface area (Å²) in [5, 5.41) is 9.34. The summed E-state index contributed by atoms with van der Waals surface area (Å²) in [6, 6.07) is 13.0. The molecule has 2 atom stereocenters. The summed E-state index contributed by atoms with van der Waals surface area (Å²) in [6.07, 6.45) is 9.42. The van der Waals surface area contributed by atoms with Crippen LogP contribution in [-0.4, -0.2) is 66.9 Å². The number of rotatable bonds is 13. The highest BCUT2D eigenvalue weighted by atomic mass is 32.2. The molecule has 0 unspecified atom stereocenters. The molecular weight excluding hydrogens is 560 g/mol. The Kier molecular flexibility index (Phi) is 14.7. The second kappa shape index (κ2) is 16.8. The molecule has 4 N–H and O–H groups in total. The molecule has 0 aliphatic heterocycles. The van der Waals surface area contributed by atoms with Crippen molar-refractivity contribution in [1.82, 2.24) is 20.3 Å². The van der Waals surface area contributed by atoms with E-state index in [0.717, 1.165) is 21.8 Å². The summed E-state index contributed by atoms with van der Waals surface area (Å²) >= 11 is 0. The zero-order valence-corrected chi connectivity index (χ0v) is 24.6. The fraction of sp³-hybridized carbons (Fsp3) is 0.423. The lowest BCUT2D eigenvalue weighted by Gasteiger charge is -2.28. The van der Waals surface area contributed by atoms with Crippen molar-refractivity contribution in [2.24, 2.45) is 17.8 Å². The summed E-state index contributed by atoms with van der Waals surface area (Å²) < 4.78 is 51.5. The third-order valence-electron chi connectivity index (χ3n) is 5.48. The Labute approximate surface area is 236 Å². The number of hydrazine groups is 1. The van der Waals surface area contributed by atoms with Crippen LogP contribution >= 0.6 is 0 Å². The van der Waals surface area contributed by atoms with Crippen molar-refractivity contribution in [3.63, 3.8) is 0 Å². The van der Waals surface area contributed by atoms with Crippen molar-refractivity contribution in [3.8, 4) is 0 Å². The van der Waals surface area contributed by atoms with Gasteiger partial charge in [-0.05, 0) is 48.4 Å². The molecule has 1 aromatic heterocycles. The number of amides is 2. The van der Waals surface area contributed by atoms with Crippen LogP contribution in [0, 0.1) is 17.8 Å². The molecule has 0 spiro atoms. The monoisotopic (exact) mass is 598 g/mol. The Morgan fingerprint density at radius 1 is 0.975 bits per heavy atom. The number of hydroxylamine groups is 1. The third kappa shape index (κ3) is 14.8. The zero-order valence-electron chi connectivity index (χ0n) is 23.0. The lowest BCUT2D eigenvalue weighted by atomic mass is 9.82. The van der Waals surface area contributed by atoms with Gasteiger partial charge in [0.1, 0.15) is 0 Å². The summed E-state index contributed by atoms with van der Waals surface area (Å²) in [7, 11) is -7.44. The van der Waals surface area contributed by atoms with Crippen molar-refractivity contribution in [2.75, 3.05) is 19.1 Å². The lowest BCUT2D eigenvalue weighted by molar-refractivity contribution is -0.141. The van der Waals surface area contributed by atoms with E-state index in [4.69, 9.17) is 4.55 Å². The van der Waals surface area contributed by atoms with Crippen LogP contribution in [0.3, 0.4) is 0 Å². The standard InChI is InChI=1S/C25H34N4O5S.CH4O3S/c1-19(2)18-23(22(25(31)28-32)11-7-10-20-8-5-4-6-9-20)24(30)27-29(35(3,33)34)17-14-21-12-15-26-16-13-21;1-5(2,3)4/h4-10,12-13,15-16,19,22-23,32H,11,14,17-18H2,1-3H3,(H,27,30)(H,28,31);1H3,(H,2,3,4)/b10-7+;/t22-,23+;/m0./s1. The number of pyridine rings is 1. The van der Waals surface area contributed by atoms with E-state index >= 15 is 0 Å². The maximum Gasteiger partial charge on any atom is 0.261 e. The molecule has 0 radical (unpaired) electrons. The van der Waals surface area contributed by atoms with Crippen molar-refractivity contribution in [1.29, 1.82) is 0 Å². The number of carbonyl (C=O) groups is 2. The summed E-state index contributed by atoms with van der Waals surface area (Å²) in [5.41, 5.74) is 5.96. The highest BCUT2D eigenvalue weighted by molar-refractivity contribution is 7.88. The van der Waals surface area contributed by atoms with Crippen LogP contribution in [0.2, 0.25) is 0 Å². The molecule has 12 nitrogen and oxygen atoms in total. The van der Waals surface area contributed by atoms with Gasteiger partial charge in [0.15, 0.2) is 0 Å². The number of benzene rings is 1. The van der Waals surface area contributed by atoms with E-state index in [2.05, 4.69) is 10.4 Å². The van der Waals surface area contributed by atoms with E-state index in [9.17, 15) is 31.6 Å². The fourth-order valence-electron chi connectivity index (χ4n) is 3.70. The van der Waals surface area contributed by atoms with Gasteiger partial charge in [-0.1, -0.05) is 56.3 Å². The van der Waals surface area contributed by atoms with Gasteiger partial charge < -0.3 is 0 Å². The van der Waals surface area contributed by atoms with Crippen LogP contribution in [0.25, 0.3) is 6.08 Å². The smallest absolute Gasteiger partial charge is 0.261 e. The molecular formula is C26H38N4O8S2. The molecule has 0 fully saturated rings. The van der Waals surface area contributed by atoms with Crippen LogP contribution in [0.4, 0.5) is 0 Å². The van der Waals surface area contributed by atoms with Gasteiger partial charge in [0.2, 0.25) is 21.8 Å². The predicted octanol–water partition coefficient (Wildman–Crippen LogP) is 2.31. The number of allylic oxidation sites excluding steroid dienone is 1. The van der Waals surface area contributed by atoms with Gasteiger partial charge in [0.05, 0.1) is 24.3 Å². The first-order valence-electron chi connectivity index (χ1n) is 12.4. The fourth-order valence-corrected chi connectivity index (χ4v) is 4.38. The second-order valence-electron chi connectivity index (χ2n) is 9.52. The average molecular weight is 599 g/mol. The molecule has 222 valence electrons. The molecule has 14 heteroatoms. The van der Waals surface area contributed by atoms with E-state index in [1.165, 1.54) is 0 Å².